The lowest BCUT2D eigenvalue weighted by Crippen LogP contribution is -2.49. The highest BCUT2D eigenvalue weighted by Gasteiger charge is 2.29. The normalized spacial score (nSPS) is 20.0. The van der Waals surface area contributed by atoms with Crippen molar-refractivity contribution in [3.63, 3.8) is 0 Å². The Labute approximate surface area is 173 Å². The van der Waals surface area contributed by atoms with Crippen LogP contribution in [0, 0.1) is 11.3 Å². The molecule has 2 N–H and O–H groups in total. The second-order valence-corrected chi connectivity index (χ2v) is 8.85. The summed E-state index contributed by atoms with van der Waals surface area (Å²) in [4.78, 5) is 19.5. The third kappa shape index (κ3) is 5.32. The zero-order valence-electron chi connectivity index (χ0n) is 17.1. The van der Waals surface area contributed by atoms with Gasteiger partial charge in [-0.05, 0) is 36.3 Å². The van der Waals surface area contributed by atoms with Crippen LogP contribution in [-0.2, 0) is 6.42 Å². The predicted octanol–water partition coefficient (Wildman–Crippen LogP) is 3.95. The number of piperidine rings is 1. The number of hydrogen-bond donors (Lipinski definition) is 1. The first-order chi connectivity index (χ1) is 12.8. The van der Waals surface area contributed by atoms with Crippen molar-refractivity contribution in [1.82, 2.24) is 15.0 Å². The van der Waals surface area contributed by atoms with Crippen molar-refractivity contribution in [2.75, 3.05) is 13.1 Å². The van der Waals surface area contributed by atoms with Gasteiger partial charge in [-0.3, -0.25) is 4.79 Å². The predicted molar refractivity (Wildman–Crippen MR) is 112 cm³/mol. The van der Waals surface area contributed by atoms with Crippen LogP contribution in [0.2, 0.25) is 0 Å². The maximum absolute atomic E-state index is 13.1. The highest BCUT2D eigenvalue weighted by molar-refractivity contribution is 5.95. The molecule has 0 bridgehead atoms. The minimum atomic E-state index is 0. The van der Waals surface area contributed by atoms with Crippen molar-refractivity contribution in [3.8, 4) is 11.4 Å². The summed E-state index contributed by atoms with van der Waals surface area (Å²) in [6.45, 7) is 9.85. The second-order valence-electron chi connectivity index (χ2n) is 8.85. The number of nitrogens with zero attached hydrogens (tertiary/aromatic N) is 3. The van der Waals surface area contributed by atoms with Gasteiger partial charge in [0.2, 0.25) is 11.7 Å². The fourth-order valence-corrected chi connectivity index (χ4v) is 3.60. The topological polar surface area (TPSA) is 85.2 Å². The van der Waals surface area contributed by atoms with E-state index in [1.54, 1.807) is 0 Å². The summed E-state index contributed by atoms with van der Waals surface area (Å²) in [5, 5.41) is 4.09. The minimum Gasteiger partial charge on any atom is -0.339 e. The average Bonchev–Trinajstić information content (AvgIpc) is 3.07. The smallest absolute Gasteiger partial charge is 0.254 e. The van der Waals surface area contributed by atoms with E-state index in [0.717, 1.165) is 24.9 Å². The monoisotopic (exact) mass is 406 g/mol. The van der Waals surface area contributed by atoms with Gasteiger partial charge >= 0.3 is 0 Å². The molecule has 2 heterocycles. The number of benzene rings is 1. The molecule has 154 valence electrons. The molecule has 1 aromatic carbocycles. The molecule has 1 amide bonds. The molecule has 1 aliphatic rings. The number of carbonyl (C=O) groups is 1. The van der Waals surface area contributed by atoms with Crippen LogP contribution in [0.4, 0.5) is 0 Å². The first kappa shape index (κ1) is 22.4. The molecule has 1 fully saturated rings. The molecule has 0 aliphatic carbocycles. The van der Waals surface area contributed by atoms with E-state index < -0.39 is 0 Å². The van der Waals surface area contributed by atoms with Gasteiger partial charge in [-0.1, -0.05) is 45.0 Å². The summed E-state index contributed by atoms with van der Waals surface area (Å²) in [6, 6.07) is 7.56. The van der Waals surface area contributed by atoms with Crippen LogP contribution in [0.15, 0.2) is 28.8 Å². The van der Waals surface area contributed by atoms with Crippen LogP contribution in [0.3, 0.4) is 0 Å². The highest BCUT2D eigenvalue weighted by Crippen LogP contribution is 2.26. The Morgan fingerprint density at radius 2 is 2.11 bits per heavy atom. The Morgan fingerprint density at radius 1 is 1.36 bits per heavy atom. The standard InChI is InChI=1S/C21H30N4O2.ClH/c1-14-8-9-25(17(10-14)13-22)20(26)16-7-5-6-15(11-16)19-23-18(27-24-19)12-21(2,3)4;/h5-7,11,14,17H,8-10,12-13,22H2,1-4H3;1H. The molecule has 1 aliphatic heterocycles. The van der Waals surface area contributed by atoms with Crippen LogP contribution < -0.4 is 5.73 Å². The van der Waals surface area contributed by atoms with Gasteiger partial charge in [-0.2, -0.15) is 4.98 Å². The van der Waals surface area contributed by atoms with E-state index >= 15 is 0 Å². The average molecular weight is 407 g/mol. The molecule has 2 unspecified atom stereocenters. The van der Waals surface area contributed by atoms with Crippen molar-refractivity contribution >= 4 is 18.3 Å². The third-order valence-corrected chi connectivity index (χ3v) is 5.03. The van der Waals surface area contributed by atoms with Crippen LogP contribution >= 0.6 is 12.4 Å². The van der Waals surface area contributed by atoms with Crippen molar-refractivity contribution in [2.45, 2.75) is 53.0 Å². The molecule has 1 aromatic heterocycles. The number of aromatic nitrogens is 2. The molecule has 28 heavy (non-hydrogen) atoms. The Bertz CT molecular complexity index is 800. The van der Waals surface area contributed by atoms with E-state index in [1.165, 1.54) is 0 Å². The van der Waals surface area contributed by atoms with E-state index in [-0.39, 0.29) is 29.8 Å². The van der Waals surface area contributed by atoms with Crippen molar-refractivity contribution in [3.05, 3.63) is 35.7 Å². The van der Waals surface area contributed by atoms with Crippen molar-refractivity contribution < 1.29 is 9.32 Å². The van der Waals surface area contributed by atoms with E-state index in [4.69, 9.17) is 10.3 Å². The van der Waals surface area contributed by atoms with E-state index in [2.05, 4.69) is 37.8 Å². The molecular weight excluding hydrogens is 376 g/mol. The molecule has 1 saturated heterocycles. The summed E-state index contributed by atoms with van der Waals surface area (Å²) < 4.78 is 5.39. The first-order valence-electron chi connectivity index (χ1n) is 9.71. The van der Waals surface area contributed by atoms with Gasteiger partial charge in [0.05, 0.1) is 0 Å². The lowest BCUT2D eigenvalue weighted by molar-refractivity contribution is 0.0573. The number of nitrogens with two attached hydrogens (primary N) is 1. The number of halogens is 1. The Morgan fingerprint density at radius 3 is 2.79 bits per heavy atom. The van der Waals surface area contributed by atoms with Gasteiger partial charge < -0.3 is 15.2 Å². The van der Waals surface area contributed by atoms with E-state index in [1.807, 2.05) is 29.2 Å². The molecule has 7 heteroatoms. The summed E-state index contributed by atoms with van der Waals surface area (Å²) in [5.74, 6) is 1.76. The SMILES string of the molecule is CC1CCN(C(=O)c2cccc(-c3noc(CC(C)(C)C)n3)c2)C(CN)C1.Cl. The highest BCUT2D eigenvalue weighted by atomic mass is 35.5. The first-order valence-corrected chi connectivity index (χ1v) is 9.71. The summed E-state index contributed by atoms with van der Waals surface area (Å²) in [7, 11) is 0. The van der Waals surface area contributed by atoms with Crippen LogP contribution in [0.25, 0.3) is 11.4 Å². The van der Waals surface area contributed by atoms with Gasteiger partial charge in [0.1, 0.15) is 0 Å². The zero-order valence-corrected chi connectivity index (χ0v) is 18.0. The van der Waals surface area contributed by atoms with Crippen molar-refractivity contribution in [2.24, 2.45) is 17.1 Å². The van der Waals surface area contributed by atoms with E-state index in [0.29, 0.717) is 36.2 Å². The summed E-state index contributed by atoms with van der Waals surface area (Å²) >= 11 is 0. The lowest BCUT2D eigenvalue weighted by atomic mass is 9.91. The number of amides is 1. The lowest BCUT2D eigenvalue weighted by Gasteiger charge is -2.38. The molecule has 0 spiro atoms. The fourth-order valence-electron chi connectivity index (χ4n) is 3.60. The van der Waals surface area contributed by atoms with Crippen LogP contribution in [0.1, 0.15) is 56.8 Å². The molecule has 2 atom stereocenters. The number of hydrogen-bond acceptors (Lipinski definition) is 5. The molecule has 0 radical (unpaired) electrons. The van der Waals surface area contributed by atoms with Crippen LogP contribution in [-0.4, -0.2) is 40.1 Å². The second kappa shape index (κ2) is 9.05. The van der Waals surface area contributed by atoms with Gasteiger partial charge in [0, 0.05) is 36.7 Å². The number of likely N-dealkylation sites (tertiary alicyclic amines) is 1. The maximum atomic E-state index is 13.1. The molecule has 0 saturated carbocycles. The van der Waals surface area contributed by atoms with Crippen molar-refractivity contribution in [1.29, 1.82) is 0 Å². The number of carbonyl (C=O) groups excluding carboxylic acids is 1. The summed E-state index contributed by atoms with van der Waals surface area (Å²) in [6.07, 6.45) is 2.69. The Hall–Kier alpha value is -1.92. The van der Waals surface area contributed by atoms with E-state index in [9.17, 15) is 4.79 Å². The zero-order chi connectivity index (χ0) is 19.6. The minimum absolute atomic E-state index is 0. The largest absolute Gasteiger partial charge is 0.339 e. The Kier molecular flexibility index (Phi) is 7.23. The maximum Gasteiger partial charge on any atom is 0.254 e. The third-order valence-electron chi connectivity index (χ3n) is 5.03. The fraction of sp³-hybridized carbons (Fsp3) is 0.571. The van der Waals surface area contributed by atoms with Crippen LogP contribution in [0.5, 0.6) is 0 Å². The molecular formula is C21H31ClN4O2. The number of rotatable bonds is 4. The molecule has 6 nitrogen and oxygen atoms in total. The van der Waals surface area contributed by atoms with Gasteiger partial charge in [0.15, 0.2) is 0 Å². The van der Waals surface area contributed by atoms with Gasteiger partial charge in [-0.15, -0.1) is 12.4 Å². The van der Waals surface area contributed by atoms with Gasteiger partial charge in [0.25, 0.3) is 5.91 Å². The summed E-state index contributed by atoms with van der Waals surface area (Å²) in [5.41, 5.74) is 7.43. The Balaban J connectivity index is 0.00000280. The van der Waals surface area contributed by atoms with Gasteiger partial charge in [-0.25, -0.2) is 0 Å². The molecule has 2 aromatic rings. The molecule has 3 rings (SSSR count). The quantitative estimate of drug-likeness (QED) is 0.830.